The van der Waals surface area contributed by atoms with Crippen molar-refractivity contribution < 1.29 is 0 Å². The molecule has 0 aromatic carbocycles. The Hall–Kier alpha value is 0.620. The number of thioether (sulfide) groups is 2. The molecule has 2 heterocycles. The Morgan fingerprint density at radius 3 is 2.57 bits per heavy atom. The minimum absolute atomic E-state index is 0.680. The molecule has 0 bridgehead atoms. The Morgan fingerprint density at radius 2 is 1.93 bits per heavy atom. The monoisotopic (exact) mass is 232 g/mol. The summed E-state index contributed by atoms with van der Waals surface area (Å²) in [5.74, 6) is 5.32. The van der Waals surface area contributed by atoms with E-state index in [1.807, 2.05) is 0 Å². The van der Waals surface area contributed by atoms with Crippen LogP contribution in [0.3, 0.4) is 0 Å². The summed E-state index contributed by atoms with van der Waals surface area (Å²) >= 11 is 4.24. The normalized spacial score (nSPS) is 31.9. The minimum atomic E-state index is 0.680. The Labute approximate surface area is 95.4 Å². The van der Waals surface area contributed by atoms with Gasteiger partial charge in [0.05, 0.1) is 0 Å². The van der Waals surface area contributed by atoms with Crippen molar-refractivity contribution in [2.45, 2.75) is 24.9 Å². The third kappa shape index (κ3) is 2.60. The van der Waals surface area contributed by atoms with Crippen molar-refractivity contribution >= 4 is 23.5 Å². The lowest BCUT2D eigenvalue weighted by molar-refractivity contribution is 0.214. The van der Waals surface area contributed by atoms with Crippen LogP contribution in [0.25, 0.3) is 0 Å². The third-order valence-electron chi connectivity index (χ3n) is 3.16. The van der Waals surface area contributed by atoms with Gasteiger partial charge in [-0.05, 0) is 19.4 Å². The van der Waals surface area contributed by atoms with E-state index in [9.17, 15) is 0 Å². The Bertz CT molecular complexity index is 170. The predicted octanol–water partition coefficient (Wildman–Crippen LogP) is 1.26. The molecule has 4 heteroatoms. The SMILES string of the molecule is NC[C@H]1CCCN1C1CSCCSC1. The lowest BCUT2D eigenvalue weighted by Crippen LogP contribution is -2.45. The molecule has 0 aromatic heterocycles. The Morgan fingerprint density at radius 1 is 1.21 bits per heavy atom. The number of hydrogen-bond donors (Lipinski definition) is 1. The molecule has 0 aromatic rings. The fourth-order valence-corrected chi connectivity index (χ4v) is 4.98. The fourth-order valence-electron chi connectivity index (χ4n) is 2.39. The van der Waals surface area contributed by atoms with Gasteiger partial charge in [0.25, 0.3) is 0 Å². The zero-order valence-electron chi connectivity index (χ0n) is 8.65. The van der Waals surface area contributed by atoms with E-state index in [0.717, 1.165) is 12.6 Å². The first-order valence-corrected chi connectivity index (χ1v) is 7.84. The molecule has 2 aliphatic heterocycles. The maximum Gasteiger partial charge on any atom is 0.0280 e. The second-order valence-corrected chi connectivity index (χ2v) is 6.37. The van der Waals surface area contributed by atoms with Crippen LogP contribution in [0.1, 0.15) is 12.8 Å². The average molecular weight is 232 g/mol. The molecule has 0 spiro atoms. The van der Waals surface area contributed by atoms with Crippen molar-refractivity contribution in [2.75, 3.05) is 36.1 Å². The van der Waals surface area contributed by atoms with Crippen molar-refractivity contribution in [3.8, 4) is 0 Å². The third-order valence-corrected chi connectivity index (χ3v) is 5.64. The molecule has 2 saturated heterocycles. The van der Waals surface area contributed by atoms with Crippen LogP contribution >= 0.6 is 23.5 Å². The molecule has 0 amide bonds. The second-order valence-electron chi connectivity index (χ2n) is 4.07. The lowest BCUT2D eigenvalue weighted by atomic mass is 10.2. The van der Waals surface area contributed by atoms with E-state index < -0.39 is 0 Å². The van der Waals surface area contributed by atoms with Gasteiger partial charge in [0, 0.05) is 41.6 Å². The Kier molecular flexibility index (Phi) is 4.47. The van der Waals surface area contributed by atoms with Crippen LogP contribution in [0.4, 0.5) is 0 Å². The zero-order valence-corrected chi connectivity index (χ0v) is 10.3. The van der Waals surface area contributed by atoms with Crippen LogP contribution in [0, 0.1) is 0 Å². The topological polar surface area (TPSA) is 29.3 Å². The summed E-state index contributed by atoms with van der Waals surface area (Å²) in [5.41, 5.74) is 5.81. The maximum atomic E-state index is 5.81. The summed E-state index contributed by atoms with van der Waals surface area (Å²) in [6.45, 7) is 2.14. The number of nitrogens with two attached hydrogens (primary N) is 1. The highest BCUT2D eigenvalue weighted by Gasteiger charge is 2.30. The van der Waals surface area contributed by atoms with Crippen LogP contribution in [-0.4, -0.2) is 53.1 Å². The van der Waals surface area contributed by atoms with E-state index in [0.29, 0.717) is 6.04 Å². The first kappa shape index (κ1) is 11.1. The van der Waals surface area contributed by atoms with Gasteiger partial charge in [-0.3, -0.25) is 4.90 Å². The molecule has 2 nitrogen and oxygen atoms in total. The largest absolute Gasteiger partial charge is 0.329 e. The molecule has 2 rings (SSSR count). The molecule has 0 saturated carbocycles. The summed E-state index contributed by atoms with van der Waals surface area (Å²) in [4.78, 5) is 2.67. The summed E-state index contributed by atoms with van der Waals surface area (Å²) in [6.07, 6.45) is 2.68. The lowest BCUT2D eigenvalue weighted by Gasteiger charge is -2.31. The molecule has 2 N–H and O–H groups in total. The van der Waals surface area contributed by atoms with Crippen LogP contribution in [0.15, 0.2) is 0 Å². The van der Waals surface area contributed by atoms with Crippen molar-refractivity contribution in [3.05, 3.63) is 0 Å². The molecule has 2 aliphatic rings. The zero-order chi connectivity index (χ0) is 9.80. The van der Waals surface area contributed by atoms with E-state index in [4.69, 9.17) is 5.73 Å². The second kappa shape index (κ2) is 5.64. The van der Waals surface area contributed by atoms with E-state index in [1.165, 1.54) is 42.4 Å². The summed E-state index contributed by atoms with van der Waals surface area (Å²) in [7, 11) is 0. The fraction of sp³-hybridized carbons (Fsp3) is 1.00. The average Bonchev–Trinajstić information content (AvgIpc) is 2.52. The van der Waals surface area contributed by atoms with Crippen LogP contribution in [-0.2, 0) is 0 Å². The molecule has 1 atom stereocenters. The molecular weight excluding hydrogens is 212 g/mol. The van der Waals surface area contributed by atoms with Crippen molar-refractivity contribution in [2.24, 2.45) is 5.73 Å². The number of likely N-dealkylation sites (tertiary alicyclic amines) is 1. The predicted molar refractivity (Wildman–Crippen MR) is 67.2 cm³/mol. The van der Waals surface area contributed by atoms with Crippen LogP contribution < -0.4 is 5.73 Å². The standard InChI is InChI=1S/C10H20N2S2/c11-6-9-2-1-3-12(9)10-7-13-4-5-14-8-10/h9-10H,1-8,11H2/t9-/m1/s1. The van der Waals surface area contributed by atoms with Gasteiger partial charge < -0.3 is 5.73 Å². The molecular formula is C10H20N2S2. The van der Waals surface area contributed by atoms with E-state index in [2.05, 4.69) is 28.4 Å². The van der Waals surface area contributed by atoms with Gasteiger partial charge in [-0.2, -0.15) is 23.5 Å². The molecule has 0 radical (unpaired) electrons. The first-order valence-electron chi connectivity index (χ1n) is 5.53. The van der Waals surface area contributed by atoms with Gasteiger partial charge >= 0.3 is 0 Å². The highest BCUT2D eigenvalue weighted by molar-refractivity contribution is 8.03. The molecule has 0 unspecified atom stereocenters. The van der Waals surface area contributed by atoms with Gasteiger partial charge in [-0.1, -0.05) is 0 Å². The van der Waals surface area contributed by atoms with Crippen molar-refractivity contribution in [3.63, 3.8) is 0 Å². The summed E-state index contributed by atoms with van der Waals surface area (Å²) < 4.78 is 0. The van der Waals surface area contributed by atoms with Crippen LogP contribution in [0.2, 0.25) is 0 Å². The first-order chi connectivity index (χ1) is 6.92. The van der Waals surface area contributed by atoms with Crippen molar-refractivity contribution in [1.29, 1.82) is 0 Å². The molecule has 2 fully saturated rings. The van der Waals surface area contributed by atoms with E-state index >= 15 is 0 Å². The Balaban J connectivity index is 1.91. The quantitative estimate of drug-likeness (QED) is 0.776. The molecule has 82 valence electrons. The molecule has 14 heavy (non-hydrogen) atoms. The minimum Gasteiger partial charge on any atom is -0.329 e. The smallest absolute Gasteiger partial charge is 0.0280 e. The summed E-state index contributed by atoms with van der Waals surface area (Å²) in [6, 6.07) is 1.47. The summed E-state index contributed by atoms with van der Waals surface area (Å²) in [5, 5.41) is 0. The number of rotatable bonds is 2. The van der Waals surface area contributed by atoms with Gasteiger partial charge in [-0.25, -0.2) is 0 Å². The van der Waals surface area contributed by atoms with Gasteiger partial charge in [-0.15, -0.1) is 0 Å². The number of hydrogen-bond acceptors (Lipinski definition) is 4. The maximum absolute atomic E-state index is 5.81. The van der Waals surface area contributed by atoms with Crippen LogP contribution in [0.5, 0.6) is 0 Å². The van der Waals surface area contributed by atoms with Crippen molar-refractivity contribution in [1.82, 2.24) is 4.90 Å². The van der Waals surface area contributed by atoms with E-state index in [-0.39, 0.29) is 0 Å². The number of nitrogens with zero attached hydrogens (tertiary/aromatic N) is 1. The highest BCUT2D eigenvalue weighted by Crippen LogP contribution is 2.26. The van der Waals surface area contributed by atoms with Gasteiger partial charge in [0.2, 0.25) is 0 Å². The highest BCUT2D eigenvalue weighted by atomic mass is 32.2. The van der Waals surface area contributed by atoms with Gasteiger partial charge in [0.15, 0.2) is 0 Å². The van der Waals surface area contributed by atoms with Gasteiger partial charge in [0.1, 0.15) is 0 Å². The molecule has 0 aliphatic carbocycles. The van der Waals surface area contributed by atoms with E-state index in [1.54, 1.807) is 0 Å².